The molecule has 0 rings (SSSR count). The molecule has 3 heteroatoms. The minimum atomic E-state index is 0. The zero-order chi connectivity index (χ0) is 0. The average Bonchev–Trinajstić information content (AvgIpc) is 0. The molecule has 26 valence electrons. The molecule has 0 aliphatic rings. The maximum Gasteiger partial charge on any atom is 4.00 e. The number of hydrogen-bond acceptors (Lipinski definition) is 0. The summed E-state index contributed by atoms with van der Waals surface area (Å²) in [4.78, 5) is 0. The van der Waals surface area contributed by atoms with Crippen LogP contribution >= 0.6 is 0 Å². The first-order chi connectivity index (χ1) is 0. The van der Waals surface area contributed by atoms with E-state index in [0.29, 0.717) is 0 Å². The van der Waals surface area contributed by atoms with E-state index in [0.717, 1.165) is 0 Å². The summed E-state index contributed by atoms with van der Waals surface area (Å²) in [5, 5.41) is 0. The van der Waals surface area contributed by atoms with Crippen molar-refractivity contribution in [3.05, 3.63) is 7.43 Å². The van der Waals surface area contributed by atoms with E-state index >= 15 is 0 Å². The van der Waals surface area contributed by atoms with Crippen molar-refractivity contribution in [2.75, 3.05) is 0 Å². The van der Waals surface area contributed by atoms with Gasteiger partial charge in [-0.2, -0.15) is 0 Å². The third-order valence-electron chi connectivity index (χ3n) is 0. The second-order valence-corrected chi connectivity index (χ2v) is 0. The van der Waals surface area contributed by atoms with Crippen LogP contribution in [0.2, 0.25) is 0 Å². The van der Waals surface area contributed by atoms with Crippen LogP contribution in [0, 0.1) is 7.43 Å². The van der Waals surface area contributed by atoms with Gasteiger partial charge in [-0.25, -0.2) is 0 Å². The molecule has 0 aromatic heterocycles. The largest absolute Gasteiger partial charge is 4.00 e. The summed E-state index contributed by atoms with van der Waals surface area (Å²) in [6.07, 6.45) is 0. The Hall–Kier alpha value is 1.39. The summed E-state index contributed by atoms with van der Waals surface area (Å²) in [6, 6.07) is 0. The Morgan fingerprint density at radius 1 is 0.750 bits per heavy atom. The first-order valence-electron chi connectivity index (χ1n) is 0. The molecule has 0 heterocycles. The number of rotatable bonds is 0. The first kappa shape index (κ1) is 53.8. The van der Waals surface area contributed by atoms with Crippen LogP contribution in [0.25, 0.3) is 0 Å². The van der Waals surface area contributed by atoms with Crippen LogP contribution < -0.4 is 0 Å². The van der Waals surface area contributed by atoms with E-state index in [9.17, 15) is 0 Å². The third kappa shape index (κ3) is 10.0. The molecular weight excluding hydrogens is 271 g/mol. The molecule has 0 atom stereocenters. The Kier molecular flexibility index (Phi) is 352. The van der Waals surface area contributed by atoms with Gasteiger partial charge in [0.25, 0.3) is 0 Å². The fourth-order valence-electron chi connectivity index (χ4n) is 0. The van der Waals surface area contributed by atoms with Crippen LogP contribution in [-0.2, 0) is 48.1 Å². The van der Waals surface area contributed by atoms with Crippen LogP contribution in [0.3, 0.4) is 0 Å². The van der Waals surface area contributed by atoms with Crippen molar-refractivity contribution in [2.24, 2.45) is 0 Å². The van der Waals surface area contributed by atoms with Crippen LogP contribution in [0.5, 0.6) is 0 Å². The summed E-state index contributed by atoms with van der Waals surface area (Å²) in [5.41, 5.74) is 0. The van der Waals surface area contributed by atoms with Gasteiger partial charge in [0.2, 0.25) is 0 Å². The summed E-state index contributed by atoms with van der Waals surface area (Å²) >= 11 is 0. The molecule has 0 aliphatic carbocycles. The molecule has 0 fully saturated rings. The first-order valence-corrected chi connectivity index (χ1v) is 0. The average molecular weight is 271 g/mol. The minimum Gasteiger partial charge on any atom is -2.00 e. The van der Waals surface area contributed by atoms with Crippen molar-refractivity contribution in [1.82, 2.24) is 0 Å². The Balaban J connectivity index is 0. The second kappa shape index (κ2) is 26.1. The quantitative estimate of drug-likeness (QED) is 0.585. The monoisotopic (exact) mass is 271 g/mol. The molecule has 0 amide bonds. The maximum absolute atomic E-state index is 0. The summed E-state index contributed by atoms with van der Waals surface area (Å²) in [7, 11) is 0. The van der Waals surface area contributed by atoms with Gasteiger partial charge in [-0.1, -0.05) is 0 Å². The van der Waals surface area contributed by atoms with Crippen LogP contribution in [0.15, 0.2) is 0 Å². The summed E-state index contributed by atoms with van der Waals surface area (Å²) in [5.74, 6) is 0. The normalized spacial score (nSPS) is 0. The van der Waals surface area contributed by atoms with Crippen molar-refractivity contribution in [3.8, 4) is 0 Å². The van der Waals surface area contributed by atoms with Gasteiger partial charge >= 0.3 is 21.1 Å². The van der Waals surface area contributed by atoms with Crippen molar-refractivity contribution < 1.29 is 21.1 Å². The zero-order valence-corrected chi connectivity index (χ0v) is 5.54. The molecule has 0 bridgehead atoms. The van der Waals surface area contributed by atoms with Gasteiger partial charge in [-0.15, -0.1) is 0 Å². The molecule has 0 spiro atoms. The Bertz CT molecular complexity index is 6.00. The smallest absolute Gasteiger partial charge is 2.00 e. The summed E-state index contributed by atoms with van der Waals surface area (Å²) < 4.78 is 0. The SMILES string of the molecule is [C].[Pt+4].[S-2].[S-2]. The van der Waals surface area contributed by atoms with E-state index in [-0.39, 0.29) is 55.5 Å². The van der Waals surface area contributed by atoms with Gasteiger partial charge in [-0.3, -0.25) is 0 Å². The molecule has 0 saturated carbocycles. The summed E-state index contributed by atoms with van der Waals surface area (Å²) in [6.45, 7) is 0. The second-order valence-electron chi connectivity index (χ2n) is 0. The molecule has 0 aromatic carbocycles. The van der Waals surface area contributed by atoms with Gasteiger partial charge < -0.3 is 27.0 Å². The van der Waals surface area contributed by atoms with Gasteiger partial charge in [0.15, 0.2) is 0 Å². The fraction of sp³-hybridized carbons (Fsp3) is 0. The van der Waals surface area contributed by atoms with Gasteiger partial charge in [0.1, 0.15) is 0 Å². The molecule has 0 aliphatic heterocycles. The van der Waals surface area contributed by atoms with E-state index in [4.69, 9.17) is 0 Å². The molecule has 4 radical (unpaired) electrons. The zero-order valence-electron chi connectivity index (χ0n) is 1.63. The molecule has 0 unspecified atom stereocenters. The third-order valence-corrected chi connectivity index (χ3v) is 0. The van der Waals surface area contributed by atoms with Gasteiger partial charge in [0, 0.05) is 7.43 Å². The van der Waals surface area contributed by atoms with E-state index in [1.165, 1.54) is 0 Å². The molecular formula is CPtS2. The fourth-order valence-corrected chi connectivity index (χ4v) is 0. The predicted molar refractivity (Wildman–Crippen MR) is 18.0 cm³/mol. The molecule has 0 saturated heterocycles. The standard InChI is InChI=1S/C.Pt.2S/q;+4;2*-2. The Labute approximate surface area is 55.5 Å². The number of hydrogen-bond donors (Lipinski definition) is 0. The minimum absolute atomic E-state index is 0. The van der Waals surface area contributed by atoms with Gasteiger partial charge in [-0.05, 0) is 0 Å². The van der Waals surface area contributed by atoms with Crippen molar-refractivity contribution in [3.63, 3.8) is 0 Å². The van der Waals surface area contributed by atoms with E-state index in [1.807, 2.05) is 0 Å². The van der Waals surface area contributed by atoms with Crippen molar-refractivity contribution in [2.45, 2.75) is 0 Å². The van der Waals surface area contributed by atoms with Crippen LogP contribution in [0.4, 0.5) is 0 Å². The van der Waals surface area contributed by atoms with E-state index in [2.05, 4.69) is 0 Å². The molecule has 0 N–H and O–H groups in total. The molecule has 0 nitrogen and oxygen atoms in total. The van der Waals surface area contributed by atoms with Crippen LogP contribution in [0.1, 0.15) is 0 Å². The van der Waals surface area contributed by atoms with Crippen molar-refractivity contribution in [1.29, 1.82) is 0 Å². The van der Waals surface area contributed by atoms with Crippen molar-refractivity contribution >= 4 is 27.0 Å². The Morgan fingerprint density at radius 2 is 0.750 bits per heavy atom. The van der Waals surface area contributed by atoms with Crippen LogP contribution in [-0.4, -0.2) is 0 Å². The van der Waals surface area contributed by atoms with E-state index < -0.39 is 0 Å². The molecule has 0 aromatic rings. The molecule has 4 heavy (non-hydrogen) atoms. The topological polar surface area (TPSA) is 0 Å². The Morgan fingerprint density at radius 3 is 0.750 bits per heavy atom. The predicted octanol–water partition coefficient (Wildman–Crippen LogP) is 0.0740. The van der Waals surface area contributed by atoms with Gasteiger partial charge in [0.05, 0.1) is 0 Å². The van der Waals surface area contributed by atoms with E-state index in [1.54, 1.807) is 0 Å². The maximum atomic E-state index is 0.